The molecule has 1 rings (SSSR count). The quantitative estimate of drug-likeness (QED) is 0.326. The summed E-state index contributed by atoms with van der Waals surface area (Å²) in [7, 11) is 0. The van der Waals surface area contributed by atoms with E-state index in [4.69, 9.17) is 9.47 Å². The molecule has 0 aromatic heterocycles. The van der Waals surface area contributed by atoms with Crippen LogP contribution in [0, 0.1) is 0 Å². The van der Waals surface area contributed by atoms with Crippen LogP contribution in [-0.4, -0.2) is 45.7 Å². The number of ether oxygens (including phenoxy) is 2. The van der Waals surface area contributed by atoms with Crippen molar-refractivity contribution in [2.24, 2.45) is 0 Å². The Morgan fingerprint density at radius 3 is 2.53 bits per heavy atom. The van der Waals surface area contributed by atoms with Crippen molar-refractivity contribution in [1.82, 2.24) is 4.90 Å². The van der Waals surface area contributed by atoms with E-state index in [-0.39, 0.29) is 6.61 Å². The van der Waals surface area contributed by atoms with E-state index in [1.165, 1.54) is 4.90 Å². The highest BCUT2D eigenvalue weighted by atomic mass is 127. The van der Waals surface area contributed by atoms with Gasteiger partial charge in [0.25, 0.3) is 0 Å². The lowest BCUT2D eigenvalue weighted by atomic mass is 10.0. The van der Waals surface area contributed by atoms with Crippen molar-refractivity contribution >= 4 is 34.7 Å². The first-order valence-electron chi connectivity index (χ1n) is 6.18. The fraction of sp³-hybridized carbons (Fsp3) is 0.692. The Morgan fingerprint density at radius 1 is 1.42 bits per heavy atom. The van der Waals surface area contributed by atoms with Gasteiger partial charge in [0, 0.05) is 11.0 Å². The molecule has 0 aliphatic carbocycles. The Labute approximate surface area is 127 Å². The third-order valence-electron chi connectivity index (χ3n) is 2.61. The molecule has 5 nitrogen and oxygen atoms in total. The molecule has 0 fully saturated rings. The van der Waals surface area contributed by atoms with Crippen LogP contribution in [0.3, 0.4) is 0 Å². The monoisotopic (exact) mass is 381 g/mol. The SMILES string of the molecule is CCOC(=O)C1(CI)C=CCN1C(=O)OC(C)(C)C. The van der Waals surface area contributed by atoms with Gasteiger partial charge >= 0.3 is 12.1 Å². The van der Waals surface area contributed by atoms with Crippen LogP contribution < -0.4 is 0 Å². The van der Waals surface area contributed by atoms with Gasteiger partial charge in [0.1, 0.15) is 5.60 Å². The molecule has 1 amide bonds. The van der Waals surface area contributed by atoms with Gasteiger partial charge in [-0.2, -0.15) is 0 Å². The summed E-state index contributed by atoms with van der Waals surface area (Å²) in [5, 5.41) is 0. The van der Waals surface area contributed by atoms with E-state index in [0.29, 0.717) is 11.0 Å². The minimum atomic E-state index is -1.04. The summed E-state index contributed by atoms with van der Waals surface area (Å²) >= 11 is 2.08. The molecule has 1 aliphatic heterocycles. The number of nitrogens with zero attached hydrogens (tertiary/aromatic N) is 1. The number of hydrogen-bond donors (Lipinski definition) is 0. The third-order valence-corrected chi connectivity index (χ3v) is 3.77. The number of halogens is 1. The maximum atomic E-state index is 12.2. The fourth-order valence-electron chi connectivity index (χ4n) is 1.77. The molecule has 1 unspecified atom stereocenters. The topological polar surface area (TPSA) is 55.8 Å². The predicted molar refractivity (Wildman–Crippen MR) is 80.3 cm³/mol. The Balaban J connectivity index is 2.94. The van der Waals surface area contributed by atoms with Gasteiger partial charge in [0.15, 0.2) is 5.54 Å². The lowest BCUT2D eigenvalue weighted by Crippen LogP contribution is -2.56. The average molecular weight is 381 g/mol. The van der Waals surface area contributed by atoms with Crippen molar-refractivity contribution in [3.05, 3.63) is 12.2 Å². The molecule has 0 saturated heterocycles. The maximum absolute atomic E-state index is 12.2. The summed E-state index contributed by atoms with van der Waals surface area (Å²) in [6.45, 7) is 7.78. The number of carbonyl (C=O) groups is 2. The minimum Gasteiger partial charge on any atom is -0.464 e. The molecule has 1 aliphatic rings. The molecule has 0 aromatic rings. The minimum absolute atomic E-state index is 0.285. The second kappa shape index (κ2) is 6.11. The second-order valence-corrected chi connectivity index (χ2v) is 6.03. The number of hydrogen-bond acceptors (Lipinski definition) is 4. The molecule has 0 spiro atoms. The first-order chi connectivity index (χ1) is 8.77. The molecule has 108 valence electrons. The van der Waals surface area contributed by atoms with E-state index in [2.05, 4.69) is 22.6 Å². The number of esters is 1. The van der Waals surface area contributed by atoms with E-state index in [0.717, 1.165) is 0 Å². The van der Waals surface area contributed by atoms with Crippen molar-refractivity contribution in [2.45, 2.75) is 38.8 Å². The van der Waals surface area contributed by atoms with Crippen LogP contribution in [0.25, 0.3) is 0 Å². The number of amides is 1. The van der Waals surface area contributed by atoms with Crippen LogP contribution in [-0.2, 0) is 14.3 Å². The van der Waals surface area contributed by atoms with E-state index in [9.17, 15) is 9.59 Å². The molecule has 6 heteroatoms. The molecule has 19 heavy (non-hydrogen) atoms. The van der Waals surface area contributed by atoms with Crippen LogP contribution in [0.5, 0.6) is 0 Å². The Hall–Kier alpha value is -0.790. The summed E-state index contributed by atoms with van der Waals surface area (Å²) in [6, 6.07) is 0. The van der Waals surface area contributed by atoms with E-state index in [1.54, 1.807) is 39.8 Å². The number of carbonyl (C=O) groups excluding carboxylic acids is 2. The zero-order valence-corrected chi connectivity index (χ0v) is 13.9. The van der Waals surface area contributed by atoms with Crippen LogP contribution in [0.2, 0.25) is 0 Å². The van der Waals surface area contributed by atoms with Gasteiger partial charge in [-0.15, -0.1) is 0 Å². The summed E-state index contributed by atoms with van der Waals surface area (Å²) in [6.07, 6.45) is 3.02. The van der Waals surface area contributed by atoms with Gasteiger partial charge < -0.3 is 9.47 Å². The second-order valence-electron chi connectivity index (χ2n) is 5.27. The van der Waals surface area contributed by atoms with Crippen LogP contribution >= 0.6 is 22.6 Å². The zero-order valence-electron chi connectivity index (χ0n) is 11.7. The Morgan fingerprint density at radius 2 is 2.05 bits per heavy atom. The summed E-state index contributed by atoms with van der Waals surface area (Å²) < 4.78 is 10.9. The lowest BCUT2D eigenvalue weighted by Gasteiger charge is -2.35. The Bertz CT molecular complexity index is 389. The molecule has 1 heterocycles. The highest BCUT2D eigenvalue weighted by molar-refractivity contribution is 14.1. The van der Waals surface area contributed by atoms with E-state index in [1.807, 2.05) is 0 Å². The molecule has 0 N–H and O–H groups in total. The molecular formula is C13H20INO4. The normalized spacial score (nSPS) is 22.5. The largest absolute Gasteiger partial charge is 0.464 e. The van der Waals surface area contributed by atoms with E-state index < -0.39 is 23.2 Å². The zero-order chi connectivity index (χ0) is 14.7. The van der Waals surface area contributed by atoms with Crippen LogP contribution in [0.15, 0.2) is 12.2 Å². The van der Waals surface area contributed by atoms with Crippen molar-refractivity contribution < 1.29 is 19.1 Å². The van der Waals surface area contributed by atoms with E-state index >= 15 is 0 Å². The van der Waals surface area contributed by atoms with Crippen molar-refractivity contribution in [3.8, 4) is 0 Å². The van der Waals surface area contributed by atoms with Gasteiger partial charge in [0.2, 0.25) is 0 Å². The smallest absolute Gasteiger partial charge is 0.411 e. The number of rotatable bonds is 3. The molecule has 1 atom stereocenters. The van der Waals surface area contributed by atoms with Crippen molar-refractivity contribution in [2.75, 3.05) is 17.6 Å². The standard InChI is InChI=1S/C13H20INO4/c1-5-18-10(16)13(9-14)7-6-8-15(13)11(17)19-12(2,3)4/h6-7H,5,8-9H2,1-4H3. The Kier molecular flexibility index (Phi) is 5.23. The first kappa shape index (κ1) is 16.3. The van der Waals surface area contributed by atoms with Crippen molar-refractivity contribution in [1.29, 1.82) is 0 Å². The number of alkyl halides is 1. The maximum Gasteiger partial charge on any atom is 0.411 e. The van der Waals surface area contributed by atoms with Gasteiger partial charge in [-0.1, -0.05) is 28.7 Å². The summed E-state index contributed by atoms with van der Waals surface area (Å²) in [5.74, 6) is -0.413. The molecule has 0 aromatic carbocycles. The molecule has 0 saturated carbocycles. The summed E-state index contributed by atoms with van der Waals surface area (Å²) in [5.41, 5.74) is -1.63. The highest BCUT2D eigenvalue weighted by Crippen LogP contribution is 2.29. The first-order valence-corrected chi connectivity index (χ1v) is 7.71. The van der Waals surface area contributed by atoms with Crippen LogP contribution in [0.4, 0.5) is 4.79 Å². The van der Waals surface area contributed by atoms with Crippen LogP contribution in [0.1, 0.15) is 27.7 Å². The summed E-state index contributed by atoms with van der Waals surface area (Å²) in [4.78, 5) is 25.8. The molecular weight excluding hydrogens is 361 g/mol. The predicted octanol–water partition coefficient (Wildman–Crippen LogP) is 2.53. The third kappa shape index (κ3) is 3.61. The average Bonchev–Trinajstić information content (AvgIpc) is 2.71. The van der Waals surface area contributed by atoms with Crippen molar-refractivity contribution in [3.63, 3.8) is 0 Å². The van der Waals surface area contributed by atoms with Gasteiger partial charge in [0.05, 0.1) is 6.61 Å². The molecule has 0 bridgehead atoms. The fourth-order valence-corrected chi connectivity index (χ4v) is 2.74. The van der Waals surface area contributed by atoms with Gasteiger partial charge in [-0.05, 0) is 33.8 Å². The highest BCUT2D eigenvalue weighted by Gasteiger charge is 2.48. The van der Waals surface area contributed by atoms with Gasteiger partial charge in [-0.25, -0.2) is 9.59 Å². The molecule has 0 radical (unpaired) electrons. The lowest BCUT2D eigenvalue weighted by molar-refractivity contribution is -0.152. The van der Waals surface area contributed by atoms with Gasteiger partial charge in [-0.3, -0.25) is 4.90 Å².